The number of hydrogen-bond acceptors (Lipinski definition) is 6. The van der Waals surface area contributed by atoms with Crippen LogP contribution in [0, 0.1) is 0 Å². The van der Waals surface area contributed by atoms with Crippen molar-refractivity contribution in [3.63, 3.8) is 0 Å². The summed E-state index contributed by atoms with van der Waals surface area (Å²) < 4.78 is 16.3. The highest BCUT2D eigenvalue weighted by Crippen LogP contribution is 2.12. The zero-order valence-electron chi connectivity index (χ0n) is 24.5. The Bertz CT molecular complexity index is 548. The number of esters is 3. The van der Waals surface area contributed by atoms with Gasteiger partial charge in [-0.15, -0.1) is 0 Å². The minimum absolute atomic E-state index is 0.0676. The van der Waals surface area contributed by atoms with E-state index in [4.69, 9.17) is 14.2 Å². The molecule has 37 heavy (non-hydrogen) atoms. The van der Waals surface area contributed by atoms with E-state index in [0.717, 1.165) is 57.8 Å². The summed E-state index contributed by atoms with van der Waals surface area (Å²) in [5, 5.41) is 0. The van der Waals surface area contributed by atoms with Crippen LogP contribution < -0.4 is 0 Å². The molecule has 0 rings (SSSR count). The van der Waals surface area contributed by atoms with Crippen molar-refractivity contribution in [2.24, 2.45) is 0 Å². The quantitative estimate of drug-likeness (QED) is 0.0605. The van der Waals surface area contributed by atoms with Crippen molar-refractivity contribution in [1.29, 1.82) is 0 Å². The molecular weight excluding hydrogens is 468 g/mol. The van der Waals surface area contributed by atoms with Crippen LogP contribution in [0.3, 0.4) is 0 Å². The van der Waals surface area contributed by atoms with Crippen molar-refractivity contribution in [2.75, 3.05) is 13.2 Å². The Labute approximate surface area is 228 Å². The van der Waals surface area contributed by atoms with Crippen LogP contribution in [0.5, 0.6) is 0 Å². The van der Waals surface area contributed by atoms with Gasteiger partial charge in [-0.1, -0.05) is 124 Å². The summed E-state index contributed by atoms with van der Waals surface area (Å²) in [5.74, 6) is -0.901. The average molecular weight is 527 g/mol. The van der Waals surface area contributed by atoms with E-state index >= 15 is 0 Å². The van der Waals surface area contributed by atoms with Crippen LogP contribution in [0.25, 0.3) is 0 Å². The van der Waals surface area contributed by atoms with Crippen molar-refractivity contribution < 1.29 is 28.6 Å². The fourth-order valence-electron chi connectivity index (χ4n) is 4.20. The Morgan fingerprint density at radius 3 is 1.08 bits per heavy atom. The van der Waals surface area contributed by atoms with E-state index < -0.39 is 6.10 Å². The molecule has 0 saturated heterocycles. The lowest BCUT2D eigenvalue weighted by molar-refractivity contribution is -0.167. The minimum atomic E-state index is -0.751. The van der Waals surface area contributed by atoms with E-state index in [1.165, 1.54) is 64.2 Å². The monoisotopic (exact) mass is 526 g/mol. The van der Waals surface area contributed by atoms with Gasteiger partial charge in [-0.3, -0.25) is 14.4 Å². The highest BCUT2D eigenvalue weighted by atomic mass is 16.6. The summed E-state index contributed by atoms with van der Waals surface area (Å²) in [4.78, 5) is 36.7. The first-order valence-corrected chi connectivity index (χ1v) is 15.5. The Morgan fingerprint density at radius 1 is 0.432 bits per heavy atom. The predicted molar refractivity (Wildman–Crippen MR) is 150 cm³/mol. The van der Waals surface area contributed by atoms with Gasteiger partial charge in [0.05, 0.1) is 0 Å². The third-order valence-corrected chi connectivity index (χ3v) is 6.61. The minimum Gasteiger partial charge on any atom is -0.462 e. The van der Waals surface area contributed by atoms with Crippen LogP contribution >= 0.6 is 0 Å². The van der Waals surface area contributed by atoms with Gasteiger partial charge >= 0.3 is 17.9 Å². The summed E-state index contributed by atoms with van der Waals surface area (Å²) in [6.45, 7) is 6.43. The lowest BCUT2D eigenvalue weighted by Gasteiger charge is -2.18. The molecule has 1 unspecified atom stereocenters. The lowest BCUT2D eigenvalue weighted by atomic mass is 10.1. The maximum Gasteiger partial charge on any atom is 0.306 e. The molecule has 0 aromatic carbocycles. The van der Waals surface area contributed by atoms with Gasteiger partial charge in [0.15, 0.2) is 6.10 Å². The third kappa shape index (κ3) is 25.8. The van der Waals surface area contributed by atoms with Crippen LogP contribution in [0.4, 0.5) is 0 Å². The molecule has 0 aliphatic rings. The SMILES string of the molecule is CCCCCCCCCC(=O)OCC(COC(=O)CCCCCCCC)OC(=O)CCCCCCCC. The standard InChI is InChI=1S/C31H58O6/c1-4-7-10-13-16-19-21-24-30(33)36-27-28(37-31(34)25-22-18-15-12-9-6-3)26-35-29(32)23-20-17-14-11-8-5-2/h28H,4-27H2,1-3H3. The number of rotatable bonds is 27. The third-order valence-electron chi connectivity index (χ3n) is 6.61. The fraction of sp³-hybridized carbons (Fsp3) is 0.903. The number of unbranched alkanes of at least 4 members (excludes halogenated alkanes) is 16. The van der Waals surface area contributed by atoms with Gasteiger partial charge in [-0.05, 0) is 19.3 Å². The number of ether oxygens (including phenoxy) is 3. The van der Waals surface area contributed by atoms with Crippen LogP contribution in [-0.4, -0.2) is 37.2 Å². The average Bonchev–Trinajstić information content (AvgIpc) is 2.89. The van der Waals surface area contributed by atoms with Crippen molar-refractivity contribution in [2.45, 2.75) is 168 Å². The summed E-state index contributed by atoms with van der Waals surface area (Å²) >= 11 is 0. The van der Waals surface area contributed by atoms with Gasteiger partial charge < -0.3 is 14.2 Å². The smallest absolute Gasteiger partial charge is 0.306 e. The van der Waals surface area contributed by atoms with E-state index in [1.54, 1.807) is 0 Å². The van der Waals surface area contributed by atoms with Crippen molar-refractivity contribution >= 4 is 17.9 Å². The zero-order valence-corrected chi connectivity index (χ0v) is 24.5. The topological polar surface area (TPSA) is 78.9 Å². The first kappa shape index (κ1) is 35.4. The Kier molecular flexibility index (Phi) is 26.3. The van der Waals surface area contributed by atoms with Crippen molar-refractivity contribution in [3.05, 3.63) is 0 Å². The molecule has 0 aliphatic heterocycles. The molecule has 0 aromatic rings. The number of hydrogen-bond donors (Lipinski definition) is 0. The summed E-state index contributed by atoms with van der Waals surface area (Å²) in [5.41, 5.74) is 0. The Morgan fingerprint density at radius 2 is 0.730 bits per heavy atom. The van der Waals surface area contributed by atoms with E-state index in [2.05, 4.69) is 20.8 Å². The molecule has 218 valence electrons. The molecule has 0 spiro atoms. The lowest BCUT2D eigenvalue weighted by Crippen LogP contribution is -2.30. The maximum absolute atomic E-state index is 12.3. The largest absolute Gasteiger partial charge is 0.462 e. The van der Waals surface area contributed by atoms with Gasteiger partial charge in [0.1, 0.15) is 13.2 Å². The molecule has 0 saturated carbocycles. The van der Waals surface area contributed by atoms with Gasteiger partial charge in [-0.2, -0.15) is 0 Å². The Balaban J connectivity index is 4.35. The van der Waals surface area contributed by atoms with E-state index in [1.807, 2.05) is 0 Å². The number of carbonyl (C=O) groups excluding carboxylic acids is 3. The molecule has 6 nitrogen and oxygen atoms in total. The molecule has 0 amide bonds. The second kappa shape index (κ2) is 27.4. The maximum atomic E-state index is 12.3. The molecule has 6 heteroatoms. The first-order chi connectivity index (χ1) is 18.0. The molecule has 0 fully saturated rings. The second-order valence-electron chi connectivity index (χ2n) is 10.4. The van der Waals surface area contributed by atoms with E-state index in [0.29, 0.717) is 19.3 Å². The van der Waals surface area contributed by atoms with E-state index in [9.17, 15) is 14.4 Å². The summed E-state index contributed by atoms with van der Waals surface area (Å²) in [6.07, 6.45) is 21.3. The number of carbonyl (C=O) groups is 3. The molecule has 0 bridgehead atoms. The normalized spacial score (nSPS) is 11.8. The van der Waals surface area contributed by atoms with E-state index in [-0.39, 0.29) is 31.1 Å². The highest BCUT2D eigenvalue weighted by Gasteiger charge is 2.19. The molecule has 0 N–H and O–H groups in total. The van der Waals surface area contributed by atoms with Crippen LogP contribution in [0.2, 0.25) is 0 Å². The second-order valence-corrected chi connectivity index (χ2v) is 10.4. The van der Waals surface area contributed by atoms with Gasteiger partial charge in [0.25, 0.3) is 0 Å². The molecule has 0 aromatic heterocycles. The zero-order chi connectivity index (χ0) is 27.4. The van der Waals surface area contributed by atoms with Crippen molar-refractivity contribution in [1.82, 2.24) is 0 Å². The predicted octanol–water partition coefficient (Wildman–Crippen LogP) is 8.63. The molecule has 0 radical (unpaired) electrons. The molecular formula is C31H58O6. The van der Waals surface area contributed by atoms with Crippen LogP contribution in [0.1, 0.15) is 162 Å². The summed E-state index contributed by atoms with van der Waals surface area (Å²) in [6, 6.07) is 0. The molecule has 0 heterocycles. The molecule has 1 atom stereocenters. The van der Waals surface area contributed by atoms with Crippen molar-refractivity contribution in [3.8, 4) is 0 Å². The first-order valence-electron chi connectivity index (χ1n) is 15.5. The fourth-order valence-corrected chi connectivity index (χ4v) is 4.20. The van der Waals surface area contributed by atoms with Crippen LogP contribution in [-0.2, 0) is 28.6 Å². The Hall–Kier alpha value is -1.59. The van der Waals surface area contributed by atoms with Gasteiger partial charge in [0.2, 0.25) is 0 Å². The van der Waals surface area contributed by atoms with Crippen LogP contribution in [0.15, 0.2) is 0 Å². The summed E-state index contributed by atoms with van der Waals surface area (Å²) in [7, 11) is 0. The molecule has 0 aliphatic carbocycles. The highest BCUT2D eigenvalue weighted by molar-refractivity contribution is 5.71. The van der Waals surface area contributed by atoms with Gasteiger partial charge in [-0.25, -0.2) is 0 Å². The van der Waals surface area contributed by atoms with Gasteiger partial charge in [0, 0.05) is 19.3 Å².